The van der Waals surface area contributed by atoms with E-state index in [1.54, 1.807) is 24.4 Å². The number of rotatable bonds is 3. The standard InChI is InChI=1S/C17H13ClN2O2/c1-22-15-8-7-12(18)10-13(15)17(21)20-14-6-2-4-11-5-3-9-19-16(11)14/h2-10H,1H3,(H,20,21). The molecular weight excluding hydrogens is 300 g/mol. The minimum atomic E-state index is -0.294. The van der Waals surface area contributed by atoms with E-state index in [9.17, 15) is 4.79 Å². The Balaban J connectivity index is 1.99. The predicted octanol–water partition coefficient (Wildman–Crippen LogP) is 4.15. The van der Waals surface area contributed by atoms with E-state index in [0.29, 0.717) is 22.0 Å². The van der Waals surface area contributed by atoms with Crippen LogP contribution >= 0.6 is 11.6 Å². The molecule has 110 valence electrons. The second kappa shape index (κ2) is 6.03. The fourth-order valence-corrected chi connectivity index (χ4v) is 2.42. The molecule has 5 heteroatoms. The van der Waals surface area contributed by atoms with Gasteiger partial charge in [-0.3, -0.25) is 9.78 Å². The van der Waals surface area contributed by atoms with Crippen molar-refractivity contribution in [3.63, 3.8) is 0 Å². The van der Waals surface area contributed by atoms with Crippen LogP contribution in [-0.4, -0.2) is 18.0 Å². The molecule has 2 aromatic carbocycles. The summed E-state index contributed by atoms with van der Waals surface area (Å²) >= 11 is 5.97. The van der Waals surface area contributed by atoms with Crippen molar-refractivity contribution in [3.8, 4) is 5.75 Å². The maximum absolute atomic E-state index is 12.5. The number of amides is 1. The van der Waals surface area contributed by atoms with E-state index in [4.69, 9.17) is 16.3 Å². The summed E-state index contributed by atoms with van der Waals surface area (Å²) < 4.78 is 5.21. The Hall–Kier alpha value is -2.59. The fourth-order valence-electron chi connectivity index (χ4n) is 2.25. The Bertz CT molecular complexity index is 844. The third kappa shape index (κ3) is 2.73. The number of nitrogens with zero attached hydrogens (tertiary/aromatic N) is 1. The molecule has 0 saturated heterocycles. The van der Waals surface area contributed by atoms with E-state index in [-0.39, 0.29) is 5.91 Å². The van der Waals surface area contributed by atoms with Gasteiger partial charge in [0.1, 0.15) is 5.75 Å². The highest BCUT2D eigenvalue weighted by Gasteiger charge is 2.14. The van der Waals surface area contributed by atoms with E-state index in [1.165, 1.54) is 7.11 Å². The number of hydrogen-bond donors (Lipinski definition) is 1. The second-order valence-corrected chi connectivity index (χ2v) is 5.12. The van der Waals surface area contributed by atoms with Crippen LogP contribution in [0, 0.1) is 0 Å². The van der Waals surface area contributed by atoms with Crippen LogP contribution in [0.15, 0.2) is 54.7 Å². The topological polar surface area (TPSA) is 51.2 Å². The molecule has 22 heavy (non-hydrogen) atoms. The largest absolute Gasteiger partial charge is 0.496 e. The number of nitrogens with one attached hydrogen (secondary N) is 1. The van der Waals surface area contributed by atoms with Crippen molar-refractivity contribution in [2.45, 2.75) is 0 Å². The normalized spacial score (nSPS) is 10.5. The van der Waals surface area contributed by atoms with Crippen LogP contribution in [0.4, 0.5) is 5.69 Å². The van der Waals surface area contributed by atoms with Crippen molar-refractivity contribution in [2.24, 2.45) is 0 Å². The summed E-state index contributed by atoms with van der Waals surface area (Å²) in [5.74, 6) is 0.174. The number of carbonyl (C=O) groups is 1. The molecular formula is C17H13ClN2O2. The summed E-state index contributed by atoms with van der Waals surface area (Å²) in [5.41, 5.74) is 1.76. The van der Waals surface area contributed by atoms with Gasteiger partial charge < -0.3 is 10.1 Å². The maximum Gasteiger partial charge on any atom is 0.259 e. The zero-order valence-corrected chi connectivity index (χ0v) is 12.6. The Labute approximate surface area is 132 Å². The minimum absolute atomic E-state index is 0.294. The van der Waals surface area contributed by atoms with Crippen LogP contribution in [-0.2, 0) is 0 Å². The number of aromatic nitrogens is 1. The molecule has 0 atom stereocenters. The van der Waals surface area contributed by atoms with Gasteiger partial charge in [-0.05, 0) is 30.3 Å². The van der Waals surface area contributed by atoms with E-state index in [2.05, 4.69) is 10.3 Å². The molecule has 0 fully saturated rings. The van der Waals surface area contributed by atoms with Crippen LogP contribution in [0.1, 0.15) is 10.4 Å². The van der Waals surface area contributed by atoms with Gasteiger partial charge in [0, 0.05) is 16.6 Å². The number of halogens is 1. The zero-order valence-electron chi connectivity index (χ0n) is 11.8. The Morgan fingerprint density at radius 1 is 1.18 bits per heavy atom. The first kappa shape index (κ1) is 14.4. The van der Waals surface area contributed by atoms with Gasteiger partial charge in [-0.15, -0.1) is 0 Å². The van der Waals surface area contributed by atoms with Crippen molar-refractivity contribution in [3.05, 3.63) is 65.3 Å². The number of pyridine rings is 1. The third-order valence-electron chi connectivity index (χ3n) is 3.29. The summed E-state index contributed by atoms with van der Waals surface area (Å²) in [6.07, 6.45) is 1.69. The van der Waals surface area contributed by atoms with Crippen LogP contribution in [0.25, 0.3) is 10.9 Å². The van der Waals surface area contributed by atoms with Crippen LogP contribution in [0.2, 0.25) is 5.02 Å². The number of hydrogen-bond acceptors (Lipinski definition) is 3. The lowest BCUT2D eigenvalue weighted by atomic mass is 10.1. The van der Waals surface area contributed by atoms with Crippen molar-refractivity contribution in [1.82, 2.24) is 4.98 Å². The molecule has 0 spiro atoms. The maximum atomic E-state index is 12.5. The number of methoxy groups -OCH3 is 1. The van der Waals surface area contributed by atoms with Gasteiger partial charge in [0.2, 0.25) is 0 Å². The van der Waals surface area contributed by atoms with Gasteiger partial charge in [-0.25, -0.2) is 0 Å². The molecule has 0 aliphatic carbocycles. The Morgan fingerprint density at radius 2 is 2.00 bits per heavy atom. The number of anilines is 1. The monoisotopic (exact) mass is 312 g/mol. The zero-order chi connectivity index (χ0) is 15.5. The van der Waals surface area contributed by atoms with E-state index >= 15 is 0 Å². The minimum Gasteiger partial charge on any atom is -0.496 e. The fraction of sp³-hybridized carbons (Fsp3) is 0.0588. The molecule has 3 rings (SSSR count). The number of para-hydroxylation sites is 1. The quantitative estimate of drug-likeness (QED) is 0.790. The van der Waals surface area contributed by atoms with Gasteiger partial charge >= 0.3 is 0 Å². The Morgan fingerprint density at radius 3 is 2.82 bits per heavy atom. The lowest BCUT2D eigenvalue weighted by Crippen LogP contribution is -2.13. The van der Waals surface area contributed by atoms with Gasteiger partial charge in [0.25, 0.3) is 5.91 Å². The van der Waals surface area contributed by atoms with Gasteiger partial charge in [-0.1, -0.05) is 29.8 Å². The number of ether oxygens (including phenoxy) is 1. The Kier molecular flexibility index (Phi) is 3.94. The van der Waals surface area contributed by atoms with Gasteiger partial charge in [-0.2, -0.15) is 0 Å². The summed E-state index contributed by atoms with van der Waals surface area (Å²) in [6.45, 7) is 0. The van der Waals surface area contributed by atoms with E-state index in [0.717, 1.165) is 10.9 Å². The molecule has 0 unspecified atom stereocenters. The molecule has 1 amide bonds. The molecule has 1 heterocycles. The summed E-state index contributed by atoms with van der Waals surface area (Å²) in [7, 11) is 1.51. The number of benzene rings is 2. The number of fused-ring (bicyclic) bond motifs is 1. The molecule has 0 radical (unpaired) electrons. The first-order valence-corrected chi connectivity index (χ1v) is 7.05. The SMILES string of the molecule is COc1ccc(Cl)cc1C(=O)Nc1cccc2cccnc12. The van der Waals surface area contributed by atoms with Gasteiger partial charge in [0.15, 0.2) is 0 Å². The van der Waals surface area contributed by atoms with Crippen LogP contribution in [0.5, 0.6) is 5.75 Å². The van der Waals surface area contributed by atoms with E-state index in [1.807, 2.05) is 30.3 Å². The third-order valence-corrected chi connectivity index (χ3v) is 3.52. The first-order valence-electron chi connectivity index (χ1n) is 6.67. The second-order valence-electron chi connectivity index (χ2n) is 4.68. The molecule has 4 nitrogen and oxygen atoms in total. The summed E-state index contributed by atoms with van der Waals surface area (Å²) in [4.78, 5) is 16.8. The van der Waals surface area contributed by atoms with Crippen molar-refractivity contribution < 1.29 is 9.53 Å². The van der Waals surface area contributed by atoms with Gasteiger partial charge in [0.05, 0.1) is 23.9 Å². The van der Waals surface area contributed by atoms with E-state index < -0.39 is 0 Å². The average Bonchev–Trinajstić information content (AvgIpc) is 2.55. The lowest BCUT2D eigenvalue weighted by Gasteiger charge is -2.11. The highest BCUT2D eigenvalue weighted by Crippen LogP contribution is 2.25. The molecule has 3 aromatic rings. The summed E-state index contributed by atoms with van der Waals surface area (Å²) in [5, 5.41) is 4.29. The highest BCUT2D eigenvalue weighted by atomic mass is 35.5. The number of carbonyl (C=O) groups excluding carboxylic acids is 1. The lowest BCUT2D eigenvalue weighted by molar-refractivity contribution is 0.102. The predicted molar refractivity (Wildman–Crippen MR) is 87.7 cm³/mol. The molecule has 0 aliphatic rings. The summed E-state index contributed by atoms with van der Waals surface area (Å²) in [6, 6.07) is 14.3. The van der Waals surface area contributed by atoms with Crippen molar-refractivity contribution in [1.29, 1.82) is 0 Å². The molecule has 1 N–H and O–H groups in total. The van der Waals surface area contributed by atoms with Crippen LogP contribution in [0.3, 0.4) is 0 Å². The highest BCUT2D eigenvalue weighted by molar-refractivity contribution is 6.31. The molecule has 0 aliphatic heterocycles. The molecule has 0 saturated carbocycles. The average molecular weight is 313 g/mol. The molecule has 1 aromatic heterocycles. The first-order chi connectivity index (χ1) is 10.7. The molecule has 0 bridgehead atoms. The van der Waals surface area contributed by atoms with Crippen molar-refractivity contribution >= 4 is 34.1 Å². The smallest absolute Gasteiger partial charge is 0.259 e. The van der Waals surface area contributed by atoms with Crippen molar-refractivity contribution in [2.75, 3.05) is 12.4 Å². The van der Waals surface area contributed by atoms with Crippen LogP contribution < -0.4 is 10.1 Å².